The minimum Gasteiger partial charge on any atom is -0.378 e. The summed E-state index contributed by atoms with van der Waals surface area (Å²) in [5.74, 6) is 0.0687. The zero-order valence-electron chi connectivity index (χ0n) is 13.5. The molecule has 0 radical (unpaired) electrons. The average Bonchev–Trinajstić information content (AvgIpc) is 2.46. The molecule has 0 bridgehead atoms. The van der Waals surface area contributed by atoms with Crippen LogP contribution in [0.25, 0.3) is 0 Å². The normalized spacial score (nSPS) is 11.3. The third-order valence-corrected chi connectivity index (χ3v) is 3.64. The number of carbonyl (C=O) groups is 1. The Labute approximate surface area is 127 Å². The van der Waals surface area contributed by atoms with Gasteiger partial charge in [0.1, 0.15) is 0 Å². The first-order valence-electron chi connectivity index (χ1n) is 7.21. The van der Waals surface area contributed by atoms with Crippen LogP contribution in [0.1, 0.15) is 42.3 Å². The van der Waals surface area contributed by atoms with Crippen LogP contribution < -0.4 is 4.90 Å². The van der Waals surface area contributed by atoms with Crippen LogP contribution in [-0.4, -0.2) is 19.9 Å². The molecule has 2 aromatic rings. The lowest BCUT2D eigenvalue weighted by molar-refractivity contribution is 0.103. The van der Waals surface area contributed by atoms with Crippen molar-refractivity contribution >= 4 is 11.5 Å². The molecule has 0 unspecified atom stereocenters. The monoisotopic (exact) mass is 281 g/mol. The first-order chi connectivity index (χ1) is 9.79. The highest BCUT2D eigenvalue weighted by molar-refractivity contribution is 6.09. The van der Waals surface area contributed by atoms with Crippen LogP contribution in [-0.2, 0) is 5.41 Å². The predicted molar refractivity (Wildman–Crippen MR) is 89.3 cm³/mol. The molecular weight excluding hydrogens is 258 g/mol. The minimum absolute atomic E-state index is 0.0687. The summed E-state index contributed by atoms with van der Waals surface area (Å²) in [6.07, 6.45) is 0. The maximum Gasteiger partial charge on any atom is 0.193 e. The molecule has 2 heteroatoms. The van der Waals surface area contributed by atoms with Crippen molar-refractivity contribution in [3.05, 3.63) is 65.2 Å². The second kappa shape index (κ2) is 5.72. The molecular formula is C19H23NO. The van der Waals surface area contributed by atoms with Gasteiger partial charge in [-0.1, -0.05) is 57.2 Å². The van der Waals surface area contributed by atoms with Crippen molar-refractivity contribution < 1.29 is 4.79 Å². The maximum atomic E-state index is 12.6. The highest BCUT2D eigenvalue weighted by Crippen LogP contribution is 2.23. The van der Waals surface area contributed by atoms with Crippen LogP contribution in [0.2, 0.25) is 0 Å². The summed E-state index contributed by atoms with van der Waals surface area (Å²) >= 11 is 0. The van der Waals surface area contributed by atoms with Crippen LogP contribution in [0.3, 0.4) is 0 Å². The van der Waals surface area contributed by atoms with Crippen molar-refractivity contribution in [3.63, 3.8) is 0 Å². The first-order valence-corrected chi connectivity index (χ1v) is 7.21. The number of rotatable bonds is 3. The quantitative estimate of drug-likeness (QED) is 0.783. The highest BCUT2D eigenvalue weighted by atomic mass is 16.1. The van der Waals surface area contributed by atoms with Crippen LogP contribution >= 0.6 is 0 Å². The summed E-state index contributed by atoms with van der Waals surface area (Å²) in [7, 11) is 3.95. The molecule has 2 rings (SSSR count). The smallest absolute Gasteiger partial charge is 0.193 e. The molecule has 0 aliphatic rings. The number of hydrogen-bond acceptors (Lipinski definition) is 2. The van der Waals surface area contributed by atoms with Crippen molar-refractivity contribution in [2.75, 3.05) is 19.0 Å². The lowest BCUT2D eigenvalue weighted by Gasteiger charge is -2.19. The third kappa shape index (κ3) is 3.52. The summed E-state index contributed by atoms with van der Waals surface area (Å²) in [5, 5.41) is 0. The molecule has 0 aromatic heterocycles. The molecule has 21 heavy (non-hydrogen) atoms. The van der Waals surface area contributed by atoms with E-state index in [9.17, 15) is 4.79 Å². The van der Waals surface area contributed by atoms with E-state index in [2.05, 4.69) is 20.8 Å². The van der Waals surface area contributed by atoms with E-state index in [0.717, 1.165) is 16.8 Å². The number of ketones is 1. The van der Waals surface area contributed by atoms with Gasteiger partial charge in [-0.25, -0.2) is 0 Å². The van der Waals surface area contributed by atoms with Crippen molar-refractivity contribution in [1.29, 1.82) is 0 Å². The van der Waals surface area contributed by atoms with Gasteiger partial charge in [0.25, 0.3) is 0 Å². The summed E-state index contributed by atoms with van der Waals surface area (Å²) in [4.78, 5) is 14.6. The standard InChI is InChI=1S/C19H23NO/c1-19(2,3)16-11-9-14(10-12-16)18(21)15-7-6-8-17(13-15)20(4)5/h6-13H,1-5H3. The number of carbonyl (C=O) groups excluding carboxylic acids is 1. The Kier molecular flexibility index (Phi) is 4.17. The molecule has 0 saturated heterocycles. The van der Waals surface area contributed by atoms with Crippen LogP contribution in [0.5, 0.6) is 0 Å². The van der Waals surface area contributed by atoms with Crippen molar-refractivity contribution in [2.24, 2.45) is 0 Å². The van der Waals surface area contributed by atoms with Gasteiger partial charge >= 0.3 is 0 Å². The molecule has 0 aliphatic heterocycles. The molecule has 0 saturated carbocycles. The number of benzene rings is 2. The second-order valence-electron chi connectivity index (χ2n) is 6.60. The van der Waals surface area contributed by atoms with E-state index in [0.29, 0.717) is 0 Å². The van der Waals surface area contributed by atoms with E-state index >= 15 is 0 Å². The van der Waals surface area contributed by atoms with Gasteiger partial charge in [0.2, 0.25) is 0 Å². The fraction of sp³-hybridized carbons (Fsp3) is 0.316. The first kappa shape index (κ1) is 15.3. The van der Waals surface area contributed by atoms with Gasteiger partial charge < -0.3 is 4.90 Å². The van der Waals surface area contributed by atoms with Gasteiger partial charge in [0.05, 0.1) is 0 Å². The molecule has 0 amide bonds. The molecule has 2 nitrogen and oxygen atoms in total. The van der Waals surface area contributed by atoms with Crippen LogP contribution in [0.15, 0.2) is 48.5 Å². The highest BCUT2D eigenvalue weighted by Gasteiger charge is 2.15. The minimum atomic E-state index is 0.0687. The topological polar surface area (TPSA) is 20.3 Å². The van der Waals surface area contributed by atoms with Gasteiger partial charge in [-0.2, -0.15) is 0 Å². The van der Waals surface area contributed by atoms with E-state index in [1.165, 1.54) is 5.56 Å². The molecule has 0 spiro atoms. The molecule has 0 fully saturated rings. The summed E-state index contributed by atoms with van der Waals surface area (Å²) < 4.78 is 0. The Morgan fingerprint density at radius 2 is 1.52 bits per heavy atom. The van der Waals surface area contributed by atoms with E-state index < -0.39 is 0 Å². The van der Waals surface area contributed by atoms with Crippen molar-refractivity contribution in [3.8, 4) is 0 Å². The zero-order chi connectivity index (χ0) is 15.6. The SMILES string of the molecule is CN(C)c1cccc(C(=O)c2ccc(C(C)(C)C)cc2)c1. The maximum absolute atomic E-state index is 12.6. The summed E-state index contributed by atoms with van der Waals surface area (Å²) in [6, 6.07) is 15.7. The number of anilines is 1. The Morgan fingerprint density at radius 1 is 0.905 bits per heavy atom. The van der Waals surface area contributed by atoms with E-state index in [1.54, 1.807) is 0 Å². The molecule has 0 heterocycles. The fourth-order valence-corrected chi connectivity index (χ4v) is 2.21. The largest absolute Gasteiger partial charge is 0.378 e. The number of hydrogen-bond donors (Lipinski definition) is 0. The molecule has 0 atom stereocenters. The van der Waals surface area contributed by atoms with Crippen LogP contribution in [0.4, 0.5) is 5.69 Å². The molecule has 2 aromatic carbocycles. The zero-order valence-corrected chi connectivity index (χ0v) is 13.5. The van der Waals surface area contributed by atoms with Gasteiger partial charge in [-0.05, 0) is 23.1 Å². The Balaban J connectivity index is 2.30. The van der Waals surface area contributed by atoms with Gasteiger partial charge in [-0.3, -0.25) is 4.79 Å². The fourth-order valence-electron chi connectivity index (χ4n) is 2.21. The van der Waals surface area contributed by atoms with Gasteiger partial charge in [0, 0.05) is 30.9 Å². The van der Waals surface area contributed by atoms with Crippen molar-refractivity contribution in [1.82, 2.24) is 0 Å². The van der Waals surface area contributed by atoms with Crippen LogP contribution in [0, 0.1) is 0 Å². The Hall–Kier alpha value is -2.09. The summed E-state index contributed by atoms with van der Waals surface area (Å²) in [6.45, 7) is 6.51. The third-order valence-electron chi connectivity index (χ3n) is 3.64. The molecule has 110 valence electrons. The van der Waals surface area contributed by atoms with E-state index in [-0.39, 0.29) is 11.2 Å². The molecule has 0 N–H and O–H groups in total. The number of nitrogens with zero attached hydrogens (tertiary/aromatic N) is 1. The lowest BCUT2D eigenvalue weighted by atomic mass is 9.86. The van der Waals surface area contributed by atoms with Gasteiger partial charge in [0.15, 0.2) is 5.78 Å². The van der Waals surface area contributed by atoms with Gasteiger partial charge in [-0.15, -0.1) is 0 Å². The average molecular weight is 281 g/mol. The Bertz CT molecular complexity index is 633. The Morgan fingerprint density at radius 3 is 2.05 bits per heavy atom. The van der Waals surface area contributed by atoms with E-state index in [1.807, 2.05) is 67.5 Å². The molecule has 0 aliphatic carbocycles. The second-order valence-corrected chi connectivity index (χ2v) is 6.60. The van der Waals surface area contributed by atoms with Crippen molar-refractivity contribution in [2.45, 2.75) is 26.2 Å². The lowest BCUT2D eigenvalue weighted by Crippen LogP contribution is -2.12. The predicted octanol–water partition coefficient (Wildman–Crippen LogP) is 4.28. The van der Waals surface area contributed by atoms with E-state index in [4.69, 9.17) is 0 Å². The summed E-state index contributed by atoms with van der Waals surface area (Å²) in [5.41, 5.74) is 3.84.